The number of amides is 2. The molecule has 0 radical (unpaired) electrons. The molecule has 2 N–H and O–H groups in total. The summed E-state index contributed by atoms with van der Waals surface area (Å²) in [5, 5.41) is 0. The first kappa shape index (κ1) is 12.3. The van der Waals surface area contributed by atoms with Gasteiger partial charge in [-0.3, -0.25) is 0 Å². The molecular formula is C11H23N3O. The number of nitrogens with zero attached hydrogens (tertiary/aromatic N) is 2. The summed E-state index contributed by atoms with van der Waals surface area (Å²) < 4.78 is 0. The van der Waals surface area contributed by atoms with Gasteiger partial charge in [0.05, 0.1) is 0 Å². The van der Waals surface area contributed by atoms with E-state index in [1.165, 1.54) is 6.42 Å². The van der Waals surface area contributed by atoms with Gasteiger partial charge in [0, 0.05) is 32.2 Å². The van der Waals surface area contributed by atoms with E-state index < -0.39 is 0 Å². The van der Waals surface area contributed by atoms with E-state index in [2.05, 4.69) is 6.92 Å². The first-order valence-electron chi connectivity index (χ1n) is 5.96. The largest absolute Gasteiger partial charge is 0.329 e. The highest BCUT2D eigenvalue weighted by atomic mass is 16.2. The second-order valence-corrected chi connectivity index (χ2v) is 4.19. The molecule has 0 aromatic carbocycles. The summed E-state index contributed by atoms with van der Waals surface area (Å²) >= 11 is 0. The highest BCUT2D eigenvalue weighted by molar-refractivity contribution is 5.74. The van der Waals surface area contributed by atoms with Crippen LogP contribution in [0.5, 0.6) is 0 Å². The number of piperidine rings is 1. The molecule has 1 fully saturated rings. The topological polar surface area (TPSA) is 49.6 Å². The lowest BCUT2D eigenvalue weighted by molar-refractivity contribution is 0.123. The maximum Gasteiger partial charge on any atom is 0.320 e. The molecule has 0 bridgehead atoms. The summed E-state index contributed by atoms with van der Waals surface area (Å²) in [5.41, 5.74) is 5.49. The zero-order valence-corrected chi connectivity index (χ0v) is 9.91. The Hall–Kier alpha value is -0.770. The van der Waals surface area contributed by atoms with Crippen molar-refractivity contribution in [3.8, 4) is 0 Å². The number of nitrogens with two attached hydrogens (primary N) is 1. The summed E-state index contributed by atoms with van der Waals surface area (Å²) in [6.45, 7) is 7.00. The fourth-order valence-electron chi connectivity index (χ4n) is 2.11. The van der Waals surface area contributed by atoms with Gasteiger partial charge in [-0.05, 0) is 33.1 Å². The lowest BCUT2D eigenvalue weighted by atomic mass is 10.0. The number of carbonyl (C=O) groups excluding carboxylic acids is 1. The molecule has 0 aromatic rings. The van der Waals surface area contributed by atoms with Crippen LogP contribution in [0.25, 0.3) is 0 Å². The summed E-state index contributed by atoms with van der Waals surface area (Å²) in [6, 6.07) is 0.549. The summed E-state index contributed by atoms with van der Waals surface area (Å²) in [7, 11) is 0. The van der Waals surface area contributed by atoms with Gasteiger partial charge in [0.1, 0.15) is 0 Å². The van der Waals surface area contributed by atoms with Gasteiger partial charge in [-0.15, -0.1) is 0 Å². The fraction of sp³-hybridized carbons (Fsp3) is 0.909. The first-order valence-corrected chi connectivity index (χ1v) is 5.96. The maximum atomic E-state index is 12.1. The van der Waals surface area contributed by atoms with Crippen molar-refractivity contribution in [2.75, 3.05) is 26.2 Å². The number of urea groups is 1. The summed E-state index contributed by atoms with van der Waals surface area (Å²) in [4.78, 5) is 15.9. The van der Waals surface area contributed by atoms with Crippen LogP contribution in [0.2, 0.25) is 0 Å². The molecule has 1 aliphatic heterocycles. The SMILES string of the molecule is CCN(CCN)C(=O)N1CCCCC1C. The van der Waals surface area contributed by atoms with E-state index in [1.807, 2.05) is 16.7 Å². The predicted octanol–water partition coefficient (Wildman–Crippen LogP) is 1.26. The van der Waals surface area contributed by atoms with Gasteiger partial charge >= 0.3 is 6.03 Å². The van der Waals surface area contributed by atoms with Crippen LogP contribution in [0.3, 0.4) is 0 Å². The minimum atomic E-state index is 0.162. The monoisotopic (exact) mass is 213 g/mol. The van der Waals surface area contributed by atoms with Crippen LogP contribution < -0.4 is 5.73 Å². The molecule has 4 nitrogen and oxygen atoms in total. The van der Waals surface area contributed by atoms with Crippen molar-refractivity contribution >= 4 is 6.03 Å². The third-order valence-electron chi connectivity index (χ3n) is 3.10. The molecule has 0 aromatic heterocycles. The molecule has 1 atom stereocenters. The minimum absolute atomic E-state index is 0.162. The zero-order valence-electron chi connectivity index (χ0n) is 9.91. The van der Waals surface area contributed by atoms with E-state index in [4.69, 9.17) is 5.73 Å². The number of hydrogen-bond acceptors (Lipinski definition) is 2. The molecule has 88 valence electrons. The van der Waals surface area contributed by atoms with E-state index in [1.54, 1.807) is 0 Å². The number of likely N-dealkylation sites (tertiary alicyclic amines) is 1. The first-order chi connectivity index (χ1) is 7.20. The van der Waals surface area contributed by atoms with Gasteiger partial charge in [0.25, 0.3) is 0 Å². The number of hydrogen-bond donors (Lipinski definition) is 1. The number of likely N-dealkylation sites (N-methyl/N-ethyl adjacent to an activating group) is 1. The Morgan fingerprint density at radius 3 is 2.80 bits per heavy atom. The Bertz CT molecular complexity index is 208. The lowest BCUT2D eigenvalue weighted by Gasteiger charge is -2.37. The van der Waals surface area contributed by atoms with Crippen molar-refractivity contribution in [2.24, 2.45) is 5.73 Å². The molecule has 0 spiro atoms. The molecule has 4 heteroatoms. The standard InChI is InChI=1S/C11H23N3O/c1-3-13(9-7-12)11(15)14-8-5-4-6-10(14)2/h10H,3-9,12H2,1-2H3. The quantitative estimate of drug-likeness (QED) is 0.767. The molecule has 1 unspecified atom stereocenters. The average Bonchev–Trinajstić information content (AvgIpc) is 2.25. The Balaban J connectivity index is 2.55. The smallest absolute Gasteiger partial charge is 0.320 e. The van der Waals surface area contributed by atoms with E-state index in [9.17, 15) is 4.79 Å². The predicted molar refractivity (Wildman–Crippen MR) is 61.7 cm³/mol. The Kier molecular flexibility index (Phi) is 4.88. The van der Waals surface area contributed by atoms with Crippen LogP contribution in [0.4, 0.5) is 4.79 Å². The second kappa shape index (κ2) is 5.95. The molecular weight excluding hydrogens is 190 g/mol. The normalized spacial score (nSPS) is 21.5. The average molecular weight is 213 g/mol. The third kappa shape index (κ3) is 3.09. The Morgan fingerprint density at radius 2 is 2.27 bits per heavy atom. The molecule has 15 heavy (non-hydrogen) atoms. The molecule has 1 heterocycles. The Labute approximate surface area is 92.4 Å². The van der Waals surface area contributed by atoms with E-state index >= 15 is 0 Å². The zero-order chi connectivity index (χ0) is 11.3. The van der Waals surface area contributed by atoms with Crippen LogP contribution in [-0.2, 0) is 0 Å². The highest BCUT2D eigenvalue weighted by Crippen LogP contribution is 2.17. The van der Waals surface area contributed by atoms with Gasteiger partial charge < -0.3 is 15.5 Å². The van der Waals surface area contributed by atoms with Crippen LogP contribution in [-0.4, -0.2) is 48.1 Å². The van der Waals surface area contributed by atoms with Crippen molar-refractivity contribution in [2.45, 2.75) is 39.2 Å². The van der Waals surface area contributed by atoms with Crippen LogP contribution in [0, 0.1) is 0 Å². The summed E-state index contributed by atoms with van der Waals surface area (Å²) in [5.74, 6) is 0. The van der Waals surface area contributed by atoms with Crippen molar-refractivity contribution in [3.05, 3.63) is 0 Å². The molecule has 1 rings (SSSR count). The van der Waals surface area contributed by atoms with Gasteiger partial charge in [0.2, 0.25) is 0 Å². The van der Waals surface area contributed by atoms with Crippen molar-refractivity contribution < 1.29 is 4.79 Å². The second-order valence-electron chi connectivity index (χ2n) is 4.19. The maximum absolute atomic E-state index is 12.1. The van der Waals surface area contributed by atoms with Crippen LogP contribution in [0.1, 0.15) is 33.1 Å². The molecule has 0 aliphatic carbocycles. The molecule has 1 aliphatic rings. The van der Waals surface area contributed by atoms with E-state index in [-0.39, 0.29) is 6.03 Å². The van der Waals surface area contributed by atoms with Crippen molar-refractivity contribution in [3.63, 3.8) is 0 Å². The van der Waals surface area contributed by atoms with Gasteiger partial charge in [0.15, 0.2) is 0 Å². The molecule has 2 amide bonds. The van der Waals surface area contributed by atoms with Crippen molar-refractivity contribution in [1.29, 1.82) is 0 Å². The van der Waals surface area contributed by atoms with Crippen LogP contribution >= 0.6 is 0 Å². The minimum Gasteiger partial charge on any atom is -0.329 e. The number of rotatable bonds is 3. The fourth-order valence-corrected chi connectivity index (χ4v) is 2.11. The molecule has 0 saturated carbocycles. The van der Waals surface area contributed by atoms with Gasteiger partial charge in [-0.2, -0.15) is 0 Å². The lowest BCUT2D eigenvalue weighted by Crippen LogP contribution is -2.50. The van der Waals surface area contributed by atoms with Crippen molar-refractivity contribution in [1.82, 2.24) is 9.80 Å². The number of carbonyl (C=O) groups is 1. The van der Waals surface area contributed by atoms with Gasteiger partial charge in [-0.1, -0.05) is 0 Å². The highest BCUT2D eigenvalue weighted by Gasteiger charge is 2.25. The molecule has 1 saturated heterocycles. The Morgan fingerprint density at radius 1 is 1.53 bits per heavy atom. The van der Waals surface area contributed by atoms with Gasteiger partial charge in [-0.25, -0.2) is 4.79 Å². The van der Waals surface area contributed by atoms with E-state index in [0.717, 1.165) is 25.9 Å². The van der Waals surface area contributed by atoms with Crippen LogP contribution in [0.15, 0.2) is 0 Å². The third-order valence-corrected chi connectivity index (χ3v) is 3.10. The van der Waals surface area contributed by atoms with E-state index in [0.29, 0.717) is 19.1 Å². The summed E-state index contributed by atoms with van der Waals surface area (Å²) in [6.07, 6.45) is 3.51.